The van der Waals surface area contributed by atoms with E-state index in [0.29, 0.717) is 6.54 Å². The van der Waals surface area contributed by atoms with Crippen LogP contribution in [0.3, 0.4) is 0 Å². The van der Waals surface area contributed by atoms with E-state index in [1.54, 1.807) is 0 Å². The standard InChI is InChI=1S/C29H24NP/c1-4-16-26(17-5-1)31(27-18-6-2-7-19-27,28-20-8-3-9-21-28)30-23-25-15-12-14-24-13-10-11-22-29(24)25/h1-22H,23H2. The fourth-order valence-corrected chi connectivity index (χ4v) is 7.80. The van der Waals surface area contributed by atoms with Gasteiger partial charge in [-0.1, -0.05) is 133 Å². The lowest BCUT2D eigenvalue weighted by atomic mass is 10.1. The number of hydrogen-bond donors (Lipinski definition) is 0. The molecule has 0 saturated heterocycles. The molecule has 5 rings (SSSR count). The summed E-state index contributed by atoms with van der Waals surface area (Å²) in [6.07, 6.45) is 0. The van der Waals surface area contributed by atoms with Gasteiger partial charge >= 0.3 is 0 Å². The number of fused-ring (bicyclic) bond motifs is 1. The molecule has 0 aromatic heterocycles. The Bertz CT molecular complexity index is 1230. The van der Waals surface area contributed by atoms with Gasteiger partial charge < -0.3 is 0 Å². The zero-order valence-electron chi connectivity index (χ0n) is 17.3. The lowest BCUT2D eigenvalue weighted by Gasteiger charge is -2.27. The monoisotopic (exact) mass is 417 g/mol. The van der Waals surface area contributed by atoms with Crippen LogP contribution in [0.5, 0.6) is 0 Å². The zero-order valence-corrected chi connectivity index (χ0v) is 18.2. The first-order valence-corrected chi connectivity index (χ1v) is 12.3. The molecule has 0 saturated carbocycles. The molecule has 0 N–H and O–H groups in total. The molecule has 0 spiro atoms. The van der Waals surface area contributed by atoms with E-state index in [4.69, 9.17) is 4.74 Å². The van der Waals surface area contributed by atoms with E-state index in [1.807, 2.05) is 0 Å². The molecule has 0 heterocycles. The first-order valence-electron chi connectivity index (χ1n) is 10.6. The first kappa shape index (κ1) is 19.5. The second-order valence-corrected chi connectivity index (χ2v) is 10.7. The summed E-state index contributed by atoms with van der Waals surface area (Å²) in [5, 5.41) is 6.40. The Kier molecular flexibility index (Phi) is 5.52. The van der Waals surface area contributed by atoms with E-state index in [2.05, 4.69) is 133 Å². The van der Waals surface area contributed by atoms with Crippen molar-refractivity contribution in [3.05, 3.63) is 139 Å². The molecule has 0 aliphatic heterocycles. The third-order valence-corrected chi connectivity index (χ3v) is 9.42. The van der Waals surface area contributed by atoms with Crippen molar-refractivity contribution < 1.29 is 0 Å². The molecule has 2 heteroatoms. The van der Waals surface area contributed by atoms with E-state index < -0.39 is 7.05 Å². The van der Waals surface area contributed by atoms with Gasteiger partial charge in [0.1, 0.15) is 0 Å². The Labute approximate surface area is 184 Å². The number of rotatable bonds is 5. The van der Waals surface area contributed by atoms with Crippen molar-refractivity contribution in [3.8, 4) is 0 Å². The maximum Gasteiger partial charge on any atom is 0.0642 e. The van der Waals surface area contributed by atoms with E-state index in [9.17, 15) is 0 Å². The van der Waals surface area contributed by atoms with E-state index in [0.717, 1.165) is 0 Å². The highest BCUT2D eigenvalue weighted by Crippen LogP contribution is 2.47. The highest BCUT2D eigenvalue weighted by atomic mass is 31.2. The van der Waals surface area contributed by atoms with Crippen molar-refractivity contribution in [3.63, 3.8) is 0 Å². The molecular formula is C29H24NP. The van der Waals surface area contributed by atoms with Crippen LogP contribution < -0.4 is 15.9 Å². The predicted octanol–water partition coefficient (Wildman–Crippen LogP) is 6.52. The van der Waals surface area contributed by atoms with Gasteiger partial charge in [-0.3, -0.25) is 4.74 Å². The summed E-state index contributed by atoms with van der Waals surface area (Å²) in [5.41, 5.74) is 1.27. The van der Waals surface area contributed by atoms with Crippen LogP contribution in [-0.2, 0) is 6.54 Å². The maximum atomic E-state index is 5.60. The highest BCUT2D eigenvalue weighted by molar-refractivity contribution is 7.87. The van der Waals surface area contributed by atoms with Crippen LogP contribution in [0.25, 0.3) is 10.8 Å². The molecule has 5 aromatic carbocycles. The normalized spacial score (nSPS) is 11.4. The van der Waals surface area contributed by atoms with Crippen LogP contribution in [0.2, 0.25) is 0 Å². The van der Waals surface area contributed by atoms with Gasteiger partial charge in [-0.05, 0) is 16.3 Å². The number of benzene rings is 5. The lowest BCUT2D eigenvalue weighted by Crippen LogP contribution is -2.25. The minimum Gasteiger partial charge on any atom is -0.285 e. The van der Waals surface area contributed by atoms with Crippen LogP contribution >= 0.6 is 7.05 Å². The van der Waals surface area contributed by atoms with E-state index in [-0.39, 0.29) is 0 Å². The van der Waals surface area contributed by atoms with Crippen LogP contribution in [-0.4, -0.2) is 0 Å². The first-order chi connectivity index (χ1) is 15.4. The second-order valence-electron chi connectivity index (χ2n) is 7.58. The van der Waals surface area contributed by atoms with Crippen molar-refractivity contribution >= 4 is 33.7 Å². The fourth-order valence-electron chi connectivity index (χ4n) is 4.24. The molecule has 5 aromatic rings. The summed E-state index contributed by atoms with van der Waals surface area (Å²) in [7, 11) is -2.17. The largest absolute Gasteiger partial charge is 0.285 e. The molecule has 0 aliphatic rings. The molecule has 0 atom stereocenters. The molecule has 0 fully saturated rings. The molecule has 31 heavy (non-hydrogen) atoms. The average molecular weight is 417 g/mol. The summed E-state index contributed by atoms with van der Waals surface area (Å²) >= 11 is 0. The van der Waals surface area contributed by atoms with Crippen molar-refractivity contribution in [1.29, 1.82) is 0 Å². The molecule has 0 radical (unpaired) electrons. The topological polar surface area (TPSA) is 12.4 Å². The third-order valence-electron chi connectivity index (χ3n) is 5.72. The summed E-state index contributed by atoms with van der Waals surface area (Å²) in [5.74, 6) is 0. The van der Waals surface area contributed by atoms with Crippen molar-refractivity contribution in [1.82, 2.24) is 0 Å². The molecule has 0 aliphatic carbocycles. The summed E-state index contributed by atoms with van der Waals surface area (Å²) in [6.45, 7) is 0.674. The Morgan fingerprint density at radius 1 is 0.452 bits per heavy atom. The van der Waals surface area contributed by atoms with Gasteiger partial charge in [-0.15, -0.1) is 0 Å². The molecule has 0 bridgehead atoms. The Morgan fingerprint density at radius 2 is 0.903 bits per heavy atom. The zero-order chi connectivity index (χ0) is 20.9. The van der Waals surface area contributed by atoms with Gasteiger partial charge in [-0.2, -0.15) is 0 Å². The smallest absolute Gasteiger partial charge is 0.0642 e. The van der Waals surface area contributed by atoms with Gasteiger partial charge in [0.15, 0.2) is 0 Å². The van der Waals surface area contributed by atoms with Crippen LogP contribution in [0.1, 0.15) is 5.56 Å². The van der Waals surface area contributed by atoms with Gasteiger partial charge in [0, 0.05) is 15.9 Å². The van der Waals surface area contributed by atoms with Crippen molar-refractivity contribution in [2.75, 3.05) is 0 Å². The van der Waals surface area contributed by atoms with Gasteiger partial charge in [0.2, 0.25) is 0 Å². The van der Waals surface area contributed by atoms with Crippen LogP contribution in [0, 0.1) is 0 Å². The maximum absolute atomic E-state index is 5.60. The van der Waals surface area contributed by atoms with Crippen LogP contribution in [0.4, 0.5) is 0 Å². The summed E-state index contributed by atoms with van der Waals surface area (Å²) in [4.78, 5) is 0. The molecule has 1 nitrogen and oxygen atoms in total. The lowest BCUT2D eigenvalue weighted by molar-refractivity contribution is 1.10. The number of nitrogens with zero attached hydrogens (tertiary/aromatic N) is 1. The molecule has 0 amide bonds. The fraction of sp³-hybridized carbons (Fsp3) is 0.0345. The van der Waals surface area contributed by atoms with Gasteiger partial charge in [-0.25, -0.2) is 0 Å². The summed E-state index contributed by atoms with van der Waals surface area (Å²) < 4.78 is 5.60. The Hall–Kier alpha value is -3.41. The number of hydrogen-bond acceptors (Lipinski definition) is 1. The van der Waals surface area contributed by atoms with E-state index >= 15 is 0 Å². The van der Waals surface area contributed by atoms with Crippen LogP contribution in [0.15, 0.2) is 138 Å². The van der Waals surface area contributed by atoms with Crippen molar-refractivity contribution in [2.45, 2.75) is 6.54 Å². The Balaban J connectivity index is 1.79. The molecule has 150 valence electrons. The predicted molar refractivity (Wildman–Crippen MR) is 135 cm³/mol. The Morgan fingerprint density at radius 3 is 1.45 bits per heavy atom. The second kappa shape index (κ2) is 8.76. The SMILES string of the molecule is c1ccc(P(=NCc2cccc3ccccc23)(c2ccccc2)c2ccccc2)cc1. The van der Waals surface area contributed by atoms with Gasteiger partial charge in [0.25, 0.3) is 0 Å². The minimum absolute atomic E-state index is 0.674. The van der Waals surface area contributed by atoms with Gasteiger partial charge in [0.05, 0.1) is 13.6 Å². The highest BCUT2D eigenvalue weighted by Gasteiger charge is 2.26. The van der Waals surface area contributed by atoms with Crippen molar-refractivity contribution in [2.24, 2.45) is 4.74 Å². The summed E-state index contributed by atoms with van der Waals surface area (Å²) in [6, 6.07) is 47.5. The molecule has 0 unspecified atom stereocenters. The third kappa shape index (κ3) is 3.74. The molecular weight excluding hydrogens is 393 g/mol. The minimum atomic E-state index is -2.17. The van der Waals surface area contributed by atoms with E-state index in [1.165, 1.54) is 32.2 Å². The quantitative estimate of drug-likeness (QED) is 0.289. The average Bonchev–Trinajstić information content (AvgIpc) is 2.86.